The molecule has 0 radical (unpaired) electrons. The lowest BCUT2D eigenvalue weighted by Crippen LogP contribution is -2.27. The van der Waals surface area contributed by atoms with Gasteiger partial charge in [-0.2, -0.15) is 0 Å². The van der Waals surface area contributed by atoms with Crippen molar-refractivity contribution >= 4 is 0 Å². The molecule has 0 aliphatic rings. The summed E-state index contributed by atoms with van der Waals surface area (Å²) in [6.45, 7) is 10.5. The molecule has 20 heavy (non-hydrogen) atoms. The Balaban J connectivity index is 2.47. The number of pyridine rings is 1. The van der Waals surface area contributed by atoms with Crippen LogP contribution in [0.3, 0.4) is 0 Å². The second-order valence-electron chi connectivity index (χ2n) is 5.43. The molecule has 0 amide bonds. The molecule has 0 aliphatic carbocycles. The molecule has 1 aromatic heterocycles. The van der Waals surface area contributed by atoms with E-state index in [0.29, 0.717) is 0 Å². The molecule has 1 N–H and O–H groups in total. The van der Waals surface area contributed by atoms with Crippen molar-refractivity contribution in [3.05, 3.63) is 29.6 Å². The van der Waals surface area contributed by atoms with Gasteiger partial charge in [0, 0.05) is 13.1 Å². The summed E-state index contributed by atoms with van der Waals surface area (Å²) in [5.74, 6) is 0. The second-order valence-corrected chi connectivity index (χ2v) is 5.43. The standard InChI is InChI=1S/C16H30N4/c1-5-17-13-15-9-7-10-16(18-15)14-20(6-2)12-8-11-19(3)4/h7,9-10,17H,5-6,8,11-14H2,1-4H3. The summed E-state index contributed by atoms with van der Waals surface area (Å²) in [5, 5.41) is 3.32. The number of nitrogens with zero attached hydrogens (tertiary/aromatic N) is 3. The van der Waals surface area contributed by atoms with Crippen LogP contribution in [0.25, 0.3) is 0 Å². The van der Waals surface area contributed by atoms with Crippen molar-refractivity contribution < 1.29 is 0 Å². The van der Waals surface area contributed by atoms with E-state index in [4.69, 9.17) is 4.98 Å². The lowest BCUT2D eigenvalue weighted by atomic mass is 10.2. The Hall–Kier alpha value is -0.970. The highest BCUT2D eigenvalue weighted by molar-refractivity contribution is 5.11. The Morgan fingerprint density at radius 3 is 2.50 bits per heavy atom. The summed E-state index contributed by atoms with van der Waals surface area (Å²) in [4.78, 5) is 9.43. The van der Waals surface area contributed by atoms with E-state index >= 15 is 0 Å². The molecule has 0 spiro atoms. The molecule has 0 atom stereocenters. The van der Waals surface area contributed by atoms with Crippen molar-refractivity contribution in [1.82, 2.24) is 20.1 Å². The third kappa shape index (κ3) is 6.98. The molecule has 1 rings (SSSR count). The van der Waals surface area contributed by atoms with Gasteiger partial charge in [-0.05, 0) is 58.8 Å². The smallest absolute Gasteiger partial charge is 0.0547 e. The van der Waals surface area contributed by atoms with Gasteiger partial charge in [0.2, 0.25) is 0 Å². The van der Waals surface area contributed by atoms with Crippen LogP contribution < -0.4 is 5.32 Å². The zero-order chi connectivity index (χ0) is 14.8. The minimum atomic E-state index is 0.858. The van der Waals surface area contributed by atoms with Gasteiger partial charge in [-0.25, -0.2) is 0 Å². The maximum atomic E-state index is 4.73. The normalized spacial score (nSPS) is 11.5. The monoisotopic (exact) mass is 278 g/mol. The maximum Gasteiger partial charge on any atom is 0.0547 e. The highest BCUT2D eigenvalue weighted by Crippen LogP contribution is 2.05. The van der Waals surface area contributed by atoms with E-state index in [1.54, 1.807) is 0 Å². The number of hydrogen-bond donors (Lipinski definition) is 1. The van der Waals surface area contributed by atoms with Crippen LogP contribution in [0.2, 0.25) is 0 Å². The quantitative estimate of drug-likeness (QED) is 0.709. The van der Waals surface area contributed by atoms with Gasteiger partial charge in [-0.3, -0.25) is 9.88 Å². The Morgan fingerprint density at radius 2 is 1.85 bits per heavy atom. The predicted molar refractivity (Wildman–Crippen MR) is 85.7 cm³/mol. The van der Waals surface area contributed by atoms with Crippen molar-refractivity contribution in [2.45, 2.75) is 33.4 Å². The molecule has 0 saturated carbocycles. The molecule has 1 aromatic rings. The summed E-state index contributed by atoms with van der Waals surface area (Å²) in [6.07, 6.45) is 1.21. The van der Waals surface area contributed by atoms with Gasteiger partial charge < -0.3 is 10.2 Å². The molecule has 0 fully saturated rings. The molecule has 1 heterocycles. The van der Waals surface area contributed by atoms with Crippen molar-refractivity contribution in [3.63, 3.8) is 0 Å². The van der Waals surface area contributed by atoms with Gasteiger partial charge in [0.05, 0.1) is 11.4 Å². The first-order valence-corrected chi connectivity index (χ1v) is 7.68. The van der Waals surface area contributed by atoms with Crippen LogP contribution in [0.4, 0.5) is 0 Å². The summed E-state index contributed by atoms with van der Waals surface area (Å²) >= 11 is 0. The van der Waals surface area contributed by atoms with Gasteiger partial charge in [0.15, 0.2) is 0 Å². The zero-order valence-electron chi connectivity index (χ0n) is 13.5. The van der Waals surface area contributed by atoms with Crippen LogP contribution in [0, 0.1) is 0 Å². The fourth-order valence-electron chi connectivity index (χ4n) is 2.16. The highest BCUT2D eigenvalue weighted by atomic mass is 15.1. The van der Waals surface area contributed by atoms with Gasteiger partial charge in [0.25, 0.3) is 0 Å². The Kier molecular flexibility index (Phi) is 8.42. The number of hydrogen-bond acceptors (Lipinski definition) is 4. The molecule has 0 aromatic carbocycles. The van der Waals surface area contributed by atoms with Crippen molar-refractivity contribution in [2.24, 2.45) is 0 Å². The molecule has 4 heteroatoms. The highest BCUT2D eigenvalue weighted by Gasteiger charge is 2.05. The zero-order valence-corrected chi connectivity index (χ0v) is 13.5. The molecular formula is C16H30N4. The van der Waals surface area contributed by atoms with E-state index in [-0.39, 0.29) is 0 Å². The minimum Gasteiger partial charge on any atom is -0.311 e. The van der Waals surface area contributed by atoms with Crippen LogP contribution in [0.1, 0.15) is 31.7 Å². The van der Waals surface area contributed by atoms with E-state index in [9.17, 15) is 0 Å². The average molecular weight is 278 g/mol. The lowest BCUT2D eigenvalue weighted by Gasteiger charge is -2.21. The number of nitrogens with one attached hydrogen (secondary N) is 1. The second kappa shape index (κ2) is 9.86. The van der Waals surface area contributed by atoms with E-state index in [0.717, 1.165) is 45.0 Å². The van der Waals surface area contributed by atoms with Crippen LogP contribution in [0.5, 0.6) is 0 Å². The van der Waals surface area contributed by atoms with E-state index in [1.165, 1.54) is 12.1 Å². The van der Waals surface area contributed by atoms with Crippen LogP contribution in [-0.2, 0) is 13.1 Å². The number of rotatable bonds is 10. The summed E-state index contributed by atoms with van der Waals surface area (Å²) in [6, 6.07) is 6.33. The van der Waals surface area contributed by atoms with E-state index in [1.807, 2.05) is 0 Å². The average Bonchev–Trinajstić information content (AvgIpc) is 2.44. The van der Waals surface area contributed by atoms with Gasteiger partial charge in [-0.15, -0.1) is 0 Å². The maximum absolute atomic E-state index is 4.73. The fraction of sp³-hybridized carbons (Fsp3) is 0.688. The van der Waals surface area contributed by atoms with Crippen LogP contribution in [-0.4, -0.2) is 55.1 Å². The van der Waals surface area contributed by atoms with Crippen molar-refractivity contribution in [1.29, 1.82) is 0 Å². The topological polar surface area (TPSA) is 31.4 Å². The van der Waals surface area contributed by atoms with Gasteiger partial charge in [0.1, 0.15) is 0 Å². The summed E-state index contributed by atoms with van der Waals surface area (Å²) < 4.78 is 0. The van der Waals surface area contributed by atoms with Crippen LogP contribution >= 0.6 is 0 Å². The van der Waals surface area contributed by atoms with E-state index in [2.05, 4.69) is 61.3 Å². The predicted octanol–water partition coefficient (Wildman–Crippen LogP) is 1.96. The van der Waals surface area contributed by atoms with E-state index < -0.39 is 0 Å². The third-order valence-electron chi connectivity index (χ3n) is 3.33. The third-order valence-corrected chi connectivity index (χ3v) is 3.33. The largest absolute Gasteiger partial charge is 0.311 e. The van der Waals surface area contributed by atoms with Crippen molar-refractivity contribution in [3.8, 4) is 0 Å². The summed E-state index contributed by atoms with van der Waals surface area (Å²) in [7, 11) is 4.25. The number of aromatic nitrogens is 1. The molecule has 0 unspecified atom stereocenters. The fourth-order valence-corrected chi connectivity index (χ4v) is 2.16. The molecule has 114 valence electrons. The van der Waals surface area contributed by atoms with Crippen LogP contribution in [0.15, 0.2) is 18.2 Å². The Bertz CT molecular complexity index is 365. The Labute approximate surface area is 124 Å². The molecule has 0 aliphatic heterocycles. The van der Waals surface area contributed by atoms with Gasteiger partial charge >= 0.3 is 0 Å². The SMILES string of the molecule is CCNCc1cccc(CN(CC)CCCN(C)C)n1. The molecule has 4 nitrogen and oxygen atoms in total. The molecule has 0 saturated heterocycles. The first-order valence-electron chi connectivity index (χ1n) is 7.68. The lowest BCUT2D eigenvalue weighted by molar-refractivity contribution is 0.256. The first-order chi connectivity index (χ1) is 9.65. The minimum absolute atomic E-state index is 0.858. The first kappa shape index (κ1) is 17.1. The molecular weight excluding hydrogens is 248 g/mol. The Morgan fingerprint density at radius 1 is 1.10 bits per heavy atom. The van der Waals surface area contributed by atoms with Crippen molar-refractivity contribution in [2.75, 3.05) is 40.3 Å². The molecule has 0 bridgehead atoms. The van der Waals surface area contributed by atoms with Gasteiger partial charge in [-0.1, -0.05) is 19.9 Å². The summed E-state index contributed by atoms with van der Waals surface area (Å²) in [5.41, 5.74) is 2.31.